The third-order valence-electron chi connectivity index (χ3n) is 5.48. The smallest absolute Gasteiger partial charge is 0.411 e. The minimum absolute atomic E-state index is 0.249. The lowest BCUT2D eigenvalue weighted by atomic mass is 10.0. The number of hydrogen-bond donors (Lipinski definition) is 3. The molecule has 3 aromatic carbocycles. The number of halogens is 1. The first kappa shape index (κ1) is 27.0. The van der Waals surface area contributed by atoms with E-state index < -0.39 is 23.9 Å². The van der Waals surface area contributed by atoms with Crippen molar-refractivity contribution in [1.29, 1.82) is 0 Å². The fourth-order valence-electron chi connectivity index (χ4n) is 3.66. The van der Waals surface area contributed by atoms with E-state index in [0.717, 1.165) is 5.56 Å². The number of amides is 3. The molecule has 0 spiro atoms. The van der Waals surface area contributed by atoms with Gasteiger partial charge in [-0.05, 0) is 58.5 Å². The van der Waals surface area contributed by atoms with Crippen LogP contribution in [0.15, 0.2) is 85.2 Å². The molecule has 0 fully saturated rings. The van der Waals surface area contributed by atoms with Crippen LogP contribution < -0.4 is 16.0 Å². The van der Waals surface area contributed by atoms with Gasteiger partial charge in [0.15, 0.2) is 0 Å². The zero-order chi connectivity index (χ0) is 27.6. The van der Waals surface area contributed by atoms with E-state index in [1.165, 1.54) is 24.2 Å². The summed E-state index contributed by atoms with van der Waals surface area (Å²) in [5, 5.41) is 19.7. The minimum Gasteiger partial charge on any atom is -0.453 e. The third-order valence-corrected chi connectivity index (χ3v) is 5.71. The van der Waals surface area contributed by atoms with Crippen molar-refractivity contribution in [2.75, 3.05) is 17.7 Å². The Morgan fingerprint density at radius 2 is 1.77 bits per heavy atom. The molecule has 0 saturated carbocycles. The lowest BCUT2D eigenvalue weighted by Gasteiger charge is -2.18. The van der Waals surface area contributed by atoms with Gasteiger partial charge in [-0.25, -0.2) is 4.79 Å². The standard InChI is InChI=1S/C27H24ClN7O4/c1-39-27(38)31-22-9-5-8-21(16-22)30-26(37)23(14-18-6-3-2-4-7-18)32-25(36)13-10-19-15-20(28)11-12-24(19)35-17-29-33-34-35/h2-13,15-17,23H,14H2,1H3,(H,30,37)(H,31,38)(H,32,36)/t23-/m0/s1. The Morgan fingerprint density at radius 3 is 2.49 bits per heavy atom. The van der Waals surface area contributed by atoms with E-state index >= 15 is 0 Å². The van der Waals surface area contributed by atoms with Gasteiger partial charge in [0.25, 0.3) is 0 Å². The van der Waals surface area contributed by atoms with Crippen LogP contribution in [-0.2, 0) is 20.7 Å². The first-order valence-electron chi connectivity index (χ1n) is 11.7. The summed E-state index contributed by atoms with van der Waals surface area (Å²) in [6, 6.07) is 20.1. The number of rotatable bonds is 9. The van der Waals surface area contributed by atoms with Gasteiger partial charge >= 0.3 is 6.09 Å². The van der Waals surface area contributed by atoms with Crippen molar-refractivity contribution in [3.8, 4) is 5.69 Å². The van der Waals surface area contributed by atoms with Crippen molar-refractivity contribution >= 4 is 47.0 Å². The fraction of sp³-hybridized carbons (Fsp3) is 0.111. The lowest BCUT2D eigenvalue weighted by molar-refractivity contribution is -0.123. The molecule has 1 aromatic heterocycles. The number of methoxy groups -OCH3 is 1. The molecule has 0 aliphatic carbocycles. The average molecular weight is 546 g/mol. The van der Waals surface area contributed by atoms with Crippen molar-refractivity contribution in [3.05, 3.63) is 101 Å². The summed E-state index contributed by atoms with van der Waals surface area (Å²) < 4.78 is 6.05. The second-order valence-corrected chi connectivity index (χ2v) is 8.66. The van der Waals surface area contributed by atoms with Crippen LogP contribution in [0, 0.1) is 0 Å². The van der Waals surface area contributed by atoms with Crippen LogP contribution in [0.3, 0.4) is 0 Å². The maximum atomic E-state index is 13.3. The minimum atomic E-state index is -0.903. The molecule has 1 heterocycles. The Bertz CT molecular complexity index is 1480. The Morgan fingerprint density at radius 1 is 1.00 bits per heavy atom. The van der Waals surface area contributed by atoms with Crippen molar-refractivity contribution in [2.45, 2.75) is 12.5 Å². The molecule has 11 nitrogen and oxygen atoms in total. The maximum absolute atomic E-state index is 13.3. The first-order valence-corrected chi connectivity index (χ1v) is 12.1. The summed E-state index contributed by atoms with van der Waals surface area (Å²) in [4.78, 5) is 37.7. The van der Waals surface area contributed by atoms with Gasteiger partial charge in [-0.15, -0.1) is 5.10 Å². The normalized spacial score (nSPS) is 11.5. The number of carbonyl (C=O) groups is 3. The number of aromatic nitrogens is 4. The maximum Gasteiger partial charge on any atom is 0.411 e. The SMILES string of the molecule is COC(=O)Nc1cccc(NC(=O)[C@H](Cc2ccccc2)NC(=O)C=Cc2cc(Cl)ccc2-n2cnnn2)c1. The Balaban J connectivity index is 1.51. The highest BCUT2D eigenvalue weighted by molar-refractivity contribution is 6.30. The zero-order valence-corrected chi connectivity index (χ0v) is 21.5. The fourth-order valence-corrected chi connectivity index (χ4v) is 3.84. The van der Waals surface area contributed by atoms with Crippen LogP contribution in [-0.4, -0.2) is 51.3 Å². The van der Waals surface area contributed by atoms with Crippen LogP contribution >= 0.6 is 11.6 Å². The largest absolute Gasteiger partial charge is 0.453 e. The average Bonchev–Trinajstić information content (AvgIpc) is 3.47. The zero-order valence-electron chi connectivity index (χ0n) is 20.7. The first-order chi connectivity index (χ1) is 18.9. The molecule has 3 N–H and O–H groups in total. The van der Waals surface area contributed by atoms with E-state index in [-0.39, 0.29) is 6.42 Å². The van der Waals surface area contributed by atoms with Gasteiger partial charge in [-0.3, -0.25) is 14.9 Å². The van der Waals surface area contributed by atoms with Crippen molar-refractivity contribution in [1.82, 2.24) is 25.5 Å². The van der Waals surface area contributed by atoms with Gasteiger partial charge in [0.1, 0.15) is 12.4 Å². The molecule has 0 aliphatic rings. The Kier molecular flexibility index (Phi) is 8.99. The van der Waals surface area contributed by atoms with Crippen molar-refractivity contribution in [2.24, 2.45) is 0 Å². The van der Waals surface area contributed by atoms with Crippen LogP contribution in [0.2, 0.25) is 5.02 Å². The molecule has 39 heavy (non-hydrogen) atoms. The van der Waals surface area contributed by atoms with Crippen molar-refractivity contribution in [3.63, 3.8) is 0 Å². The van der Waals surface area contributed by atoms with Gasteiger partial charge in [0, 0.05) is 34.5 Å². The molecule has 3 amide bonds. The number of hydrogen-bond acceptors (Lipinski definition) is 7. The second-order valence-electron chi connectivity index (χ2n) is 8.23. The third kappa shape index (κ3) is 7.73. The molecule has 1 atom stereocenters. The van der Waals surface area contributed by atoms with E-state index in [1.54, 1.807) is 48.5 Å². The number of ether oxygens (including phenoxy) is 1. The highest BCUT2D eigenvalue weighted by atomic mass is 35.5. The molecule has 0 aliphatic heterocycles. The summed E-state index contributed by atoms with van der Waals surface area (Å²) in [6.07, 6.45) is 3.92. The van der Waals surface area contributed by atoms with E-state index in [4.69, 9.17) is 11.6 Å². The molecule has 4 rings (SSSR count). The van der Waals surface area contributed by atoms with E-state index in [2.05, 4.69) is 36.2 Å². The Hall–Kier alpha value is -5.03. The number of tetrazole rings is 1. The van der Waals surface area contributed by atoms with Gasteiger partial charge in [0.05, 0.1) is 12.8 Å². The summed E-state index contributed by atoms with van der Waals surface area (Å²) in [7, 11) is 1.26. The van der Waals surface area contributed by atoms with Gasteiger partial charge < -0.3 is 15.4 Å². The quantitative estimate of drug-likeness (QED) is 0.271. The second kappa shape index (κ2) is 13.0. The molecule has 12 heteroatoms. The molecule has 4 aromatic rings. The summed E-state index contributed by atoms with van der Waals surface area (Å²) in [6.45, 7) is 0. The summed E-state index contributed by atoms with van der Waals surface area (Å²) in [5.41, 5.74) is 2.95. The molecule has 198 valence electrons. The van der Waals surface area contributed by atoms with E-state index in [1.807, 2.05) is 30.3 Å². The van der Waals surface area contributed by atoms with Crippen LogP contribution in [0.4, 0.5) is 16.2 Å². The van der Waals surface area contributed by atoms with Gasteiger partial charge in [0.2, 0.25) is 11.8 Å². The van der Waals surface area contributed by atoms with Crippen molar-refractivity contribution < 1.29 is 19.1 Å². The predicted molar refractivity (Wildman–Crippen MR) is 146 cm³/mol. The highest BCUT2D eigenvalue weighted by Gasteiger charge is 2.21. The van der Waals surface area contributed by atoms with E-state index in [0.29, 0.717) is 27.6 Å². The van der Waals surface area contributed by atoms with Crippen LogP contribution in [0.5, 0.6) is 0 Å². The number of nitrogens with one attached hydrogen (secondary N) is 3. The van der Waals surface area contributed by atoms with E-state index in [9.17, 15) is 14.4 Å². The lowest BCUT2D eigenvalue weighted by Crippen LogP contribution is -2.44. The molecule has 0 unspecified atom stereocenters. The summed E-state index contributed by atoms with van der Waals surface area (Å²) >= 11 is 6.16. The molecular weight excluding hydrogens is 522 g/mol. The predicted octanol–water partition coefficient (Wildman–Crippen LogP) is 3.87. The van der Waals surface area contributed by atoms with Gasteiger partial charge in [-0.2, -0.15) is 4.68 Å². The monoisotopic (exact) mass is 545 g/mol. The molecule has 0 saturated heterocycles. The number of anilines is 2. The van der Waals surface area contributed by atoms with Crippen LogP contribution in [0.25, 0.3) is 11.8 Å². The topological polar surface area (TPSA) is 140 Å². The number of carbonyl (C=O) groups excluding carboxylic acids is 3. The van der Waals surface area contributed by atoms with Gasteiger partial charge in [-0.1, -0.05) is 48.0 Å². The highest BCUT2D eigenvalue weighted by Crippen LogP contribution is 2.20. The number of nitrogens with zero attached hydrogens (tertiary/aromatic N) is 4. The van der Waals surface area contributed by atoms with Crippen LogP contribution in [0.1, 0.15) is 11.1 Å². The summed E-state index contributed by atoms with van der Waals surface area (Å²) in [5.74, 6) is -0.928. The molecule has 0 radical (unpaired) electrons. The molecule has 0 bridgehead atoms. The molecular formula is C27H24ClN7O4. The number of benzene rings is 3. The Labute approximate surface area is 228 Å².